The van der Waals surface area contributed by atoms with Crippen LogP contribution >= 0.6 is 11.8 Å². The SMILES string of the molecule is CSc1ncc(C#N)c(NC2CC[C@@H](CC(C)(C)[Si](C)(C)O)C2)n1. The van der Waals surface area contributed by atoms with Gasteiger partial charge in [0.25, 0.3) is 0 Å². The van der Waals surface area contributed by atoms with E-state index in [1.54, 1.807) is 6.20 Å². The van der Waals surface area contributed by atoms with E-state index in [0.717, 1.165) is 25.7 Å². The Bertz CT molecular complexity index is 624. The summed E-state index contributed by atoms with van der Waals surface area (Å²) in [6, 6.07) is 2.50. The number of rotatable bonds is 6. The van der Waals surface area contributed by atoms with Crippen molar-refractivity contribution in [3.8, 4) is 6.07 Å². The molecule has 1 saturated carbocycles. The lowest BCUT2D eigenvalue weighted by Crippen LogP contribution is -2.40. The van der Waals surface area contributed by atoms with E-state index in [-0.39, 0.29) is 5.04 Å². The molecule has 1 aliphatic carbocycles. The monoisotopic (exact) mass is 364 g/mol. The predicted octanol–water partition coefficient (Wildman–Crippen LogP) is 4.02. The van der Waals surface area contributed by atoms with Crippen LogP contribution in [0.3, 0.4) is 0 Å². The summed E-state index contributed by atoms with van der Waals surface area (Å²) in [6.07, 6.45) is 7.89. The number of thioether (sulfide) groups is 1. The van der Waals surface area contributed by atoms with Crippen LogP contribution in [0, 0.1) is 17.2 Å². The van der Waals surface area contributed by atoms with Crippen LogP contribution in [-0.2, 0) is 0 Å². The molecule has 132 valence electrons. The Labute approximate surface area is 150 Å². The van der Waals surface area contributed by atoms with E-state index < -0.39 is 8.32 Å². The molecule has 0 aliphatic heterocycles. The Morgan fingerprint density at radius 3 is 2.75 bits per heavy atom. The van der Waals surface area contributed by atoms with Crippen LogP contribution in [-0.4, -0.2) is 35.4 Å². The van der Waals surface area contributed by atoms with E-state index >= 15 is 0 Å². The van der Waals surface area contributed by atoms with Crippen LogP contribution in [0.5, 0.6) is 0 Å². The van der Waals surface area contributed by atoms with Crippen molar-refractivity contribution in [1.29, 1.82) is 5.26 Å². The van der Waals surface area contributed by atoms with Gasteiger partial charge in [0.2, 0.25) is 0 Å². The summed E-state index contributed by atoms with van der Waals surface area (Å²) in [5.74, 6) is 1.27. The van der Waals surface area contributed by atoms with Crippen molar-refractivity contribution in [3.63, 3.8) is 0 Å². The second-order valence-electron chi connectivity index (χ2n) is 7.90. The maximum absolute atomic E-state index is 10.5. The fourth-order valence-corrected chi connectivity index (χ4v) is 4.34. The minimum atomic E-state index is -2.16. The van der Waals surface area contributed by atoms with Crippen molar-refractivity contribution in [1.82, 2.24) is 9.97 Å². The molecular weight excluding hydrogens is 336 g/mol. The summed E-state index contributed by atoms with van der Waals surface area (Å²) in [6.45, 7) is 8.45. The van der Waals surface area contributed by atoms with E-state index in [9.17, 15) is 10.1 Å². The van der Waals surface area contributed by atoms with Crippen LogP contribution in [0.4, 0.5) is 5.82 Å². The minimum Gasteiger partial charge on any atom is -0.432 e. The molecule has 1 fully saturated rings. The molecule has 0 bridgehead atoms. The van der Waals surface area contributed by atoms with E-state index in [1.807, 2.05) is 19.3 Å². The number of nitriles is 1. The van der Waals surface area contributed by atoms with Crippen molar-refractivity contribution in [2.75, 3.05) is 11.6 Å². The van der Waals surface area contributed by atoms with Gasteiger partial charge in [0.1, 0.15) is 17.5 Å². The first-order chi connectivity index (χ1) is 11.2. The molecule has 0 amide bonds. The van der Waals surface area contributed by atoms with Gasteiger partial charge in [0, 0.05) is 6.04 Å². The first-order valence-electron chi connectivity index (χ1n) is 8.46. The van der Waals surface area contributed by atoms with E-state index in [2.05, 4.69) is 35.2 Å². The van der Waals surface area contributed by atoms with Gasteiger partial charge in [-0.3, -0.25) is 0 Å². The molecule has 1 aliphatic rings. The third kappa shape index (κ3) is 4.50. The summed E-state index contributed by atoms with van der Waals surface area (Å²) in [5.41, 5.74) is 0.500. The molecule has 0 saturated heterocycles. The van der Waals surface area contributed by atoms with Gasteiger partial charge in [-0.1, -0.05) is 25.6 Å². The van der Waals surface area contributed by atoms with E-state index in [1.165, 1.54) is 11.8 Å². The highest BCUT2D eigenvalue weighted by molar-refractivity contribution is 7.98. The summed E-state index contributed by atoms with van der Waals surface area (Å²) in [4.78, 5) is 19.1. The highest BCUT2D eigenvalue weighted by atomic mass is 32.2. The first kappa shape index (κ1) is 19.2. The van der Waals surface area contributed by atoms with E-state index in [4.69, 9.17) is 0 Å². The second-order valence-corrected chi connectivity index (χ2v) is 13.1. The van der Waals surface area contributed by atoms with Crippen LogP contribution in [0.15, 0.2) is 11.4 Å². The van der Waals surface area contributed by atoms with Crippen LogP contribution in [0.1, 0.15) is 45.1 Å². The molecule has 1 unspecified atom stereocenters. The topological polar surface area (TPSA) is 81.8 Å². The van der Waals surface area contributed by atoms with Gasteiger partial charge < -0.3 is 10.1 Å². The lowest BCUT2D eigenvalue weighted by molar-refractivity contribution is 0.377. The maximum Gasteiger partial charge on any atom is 0.189 e. The molecule has 0 spiro atoms. The molecule has 1 aromatic heterocycles. The normalized spacial score (nSPS) is 21.5. The number of nitrogens with one attached hydrogen (secondary N) is 1. The van der Waals surface area contributed by atoms with Gasteiger partial charge >= 0.3 is 0 Å². The van der Waals surface area contributed by atoms with Gasteiger partial charge in [-0.15, -0.1) is 0 Å². The number of nitrogens with zero attached hydrogens (tertiary/aromatic N) is 3. The molecule has 2 atom stereocenters. The molecule has 1 aromatic rings. The van der Waals surface area contributed by atoms with Gasteiger partial charge in [0.05, 0.1) is 6.20 Å². The van der Waals surface area contributed by atoms with Crippen molar-refractivity contribution >= 4 is 25.9 Å². The van der Waals surface area contributed by atoms with Crippen molar-refractivity contribution in [3.05, 3.63) is 11.8 Å². The molecule has 24 heavy (non-hydrogen) atoms. The number of anilines is 1. The van der Waals surface area contributed by atoms with E-state index in [0.29, 0.717) is 28.5 Å². The maximum atomic E-state index is 10.5. The molecule has 0 radical (unpaired) electrons. The fourth-order valence-electron chi connectivity index (χ4n) is 3.21. The molecule has 7 heteroatoms. The zero-order chi connectivity index (χ0) is 18.0. The highest BCUT2D eigenvalue weighted by Gasteiger charge is 2.41. The Balaban J connectivity index is 2.01. The third-order valence-corrected chi connectivity index (χ3v) is 9.49. The van der Waals surface area contributed by atoms with Crippen LogP contribution in [0.2, 0.25) is 18.1 Å². The number of hydrogen-bond donors (Lipinski definition) is 2. The van der Waals surface area contributed by atoms with Crippen LogP contribution in [0.25, 0.3) is 0 Å². The molecule has 2 rings (SSSR count). The van der Waals surface area contributed by atoms with Gasteiger partial charge in [-0.05, 0) is 56.0 Å². The Hall–Kier alpha value is -1.10. The molecule has 0 aromatic carbocycles. The smallest absolute Gasteiger partial charge is 0.189 e. The highest BCUT2D eigenvalue weighted by Crippen LogP contribution is 2.45. The van der Waals surface area contributed by atoms with Crippen molar-refractivity contribution in [2.24, 2.45) is 5.92 Å². The summed E-state index contributed by atoms with van der Waals surface area (Å²) < 4.78 is 0. The predicted molar refractivity (Wildman–Crippen MR) is 102 cm³/mol. The Kier molecular flexibility index (Phi) is 5.94. The summed E-state index contributed by atoms with van der Waals surface area (Å²) in [5, 5.41) is 13.4. The fraction of sp³-hybridized carbons (Fsp3) is 0.706. The lowest BCUT2D eigenvalue weighted by atomic mass is 9.94. The third-order valence-electron chi connectivity index (χ3n) is 5.41. The number of hydrogen-bond acceptors (Lipinski definition) is 6. The van der Waals surface area contributed by atoms with Crippen molar-refractivity contribution in [2.45, 2.75) is 68.9 Å². The van der Waals surface area contributed by atoms with Crippen LogP contribution < -0.4 is 5.32 Å². The average molecular weight is 365 g/mol. The standard InChI is InChI=1S/C17H28N4OSSi/c1-17(2,24(4,5)22)9-12-6-7-14(8-12)20-15-13(10-18)11-19-16(21-15)23-3/h11-12,14,22H,6-9H2,1-5H3,(H,19,20,21)/t12-,14?/m1/s1. The zero-order valence-electron chi connectivity index (χ0n) is 15.3. The number of aromatic nitrogens is 2. The molecule has 5 nitrogen and oxygen atoms in total. The molecule has 1 heterocycles. The molecule has 2 N–H and O–H groups in total. The van der Waals surface area contributed by atoms with Crippen molar-refractivity contribution < 1.29 is 4.80 Å². The first-order valence-corrected chi connectivity index (χ1v) is 12.6. The van der Waals surface area contributed by atoms with Gasteiger partial charge in [0.15, 0.2) is 13.5 Å². The minimum absolute atomic E-state index is 0.0192. The Morgan fingerprint density at radius 1 is 1.46 bits per heavy atom. The largest absolute Gasteiger partial charge is 0.432 e. The zero-order valence-corrected chi connectivity index (χ0v) is 17.1. The summed E-state index contributed by atoms with van der Waals surface area (Å²) in [7, 11) is -2.16. The Morgan fingerprint density at radius 2 is 2.17 bits per heavy atom. The second kappa shape index (κ2) is 7.42. The summed E-state index contributed by atoms with van der Waals surface area (Å²) >= 11 is 1.48. The molecular formula is C17H28N4OSSi. The quantitative estimate of drug-likeness (QED) is 0.451. The lowest BCUT2D eigenvalue weighted by Gasteiger charge is -2.37. The van der Waals surface area contributed by atoms with Gasteiger partial charge in [-0.2, -0.15) is 5.26 Å². The average Bonchev–Trinajstić information content (AvgIpc) is 2.92. The van der Waals surface area contributed by atoms with Gasteiger partial charge in [-0.25, -0.2) is 9.97 Å².